The van der Waals surface area contributed by atoms with Crippen LogP contribution in [0.15, 0.2) is 227 Å². The third-order valence-corrected chi connectivity index (χ3v) is 16.0. The monoisotopic (exact) mass is 980 g/mol. The average Bonchev–Trinajstić information content (AvgIpc) is 4.04. The maximum atomic E-state index is 7.27. The molecule has 0 saturated carbocycles. The van der Waals surface area contributed by atoms with E-state index in [9.17, 15) is 0 Å². The van der Waals surface area contributed by atoms with Crippen molar-refractivity contribution < 1.29 is 8.83 Å². The van der Waals surface area contributed by atoms with Crippen molar-refractivity contribution in [2.75, 3.05) is 9.80 Å². The number of benzene rings is 12. The molecule has 0 aliphatic carbocycles. The average molecular weight is 981 g/mol. The number of rotatable bonds is 10. The van der Waals surface area contributed by atoms with Crippen LogP contribution in [0, 0.1) is 13.8 Å². The summed E-state index contributed by atoms with van der Waals surface area (Å²) in [6.07, 6.45) is 0. The lowest BCUT2D eigenvalue weighted by atomic mass is 9.91. The summed E-state index contributed by atoms with van der Waals surface area (Å²) in [5, 5.41) is 11.5. The largest absolute Gasteiger partial charge is 0.453 e. The number of para-hydroxylation sites is 6. The van der Waals surface area contributed by atoms with Gasteiger partial charge < -0.3 is 18.6 Å². The number of anilines is 6. The van der Waals surface area contributed by atoms with Gasteiger partial charge in [-0.05, 0) is 117 Å². The first-order valence-corrected chi connectivity index (χ1v) is 26.7. The minimum atomic E-state index is 0.358. The van der Waals surface area contributed by atoms with E-state index in [0.717, 1.165) is 99.9 Å². The van der Waals surface area contributed by atoms with Crippen molar-refractivity contribution in [2.24, 2.45) is 0 Å². The van der Waals surface area contributed by atoms with Crippen molar-refractivity contribution in [1.82, 2.24) is 0 Å². The first kappa shape index (κ1) is 45.5. The Morgan fingerprint density at radius 1 is 0.276 bits per heavy atom. The van der Waals surface area contributed by atoms with Crippen LogP contribution >= 0.6 is 0 Å². The highest BCUT2D eigenvalue weighted by Gasteiger charge is 2.28. The Hall–Kier alpha value is -9.12. The Kier molecular flexibility index (Phi) is 10.6. The second-order valence-electron chi connectivity index (χ2n) is 21.2. The number of aryl methyl sites for hydroxylation is 2. The van der Waals surface area contributed by atoms with Crippen LogP contribution in [0.4, 0.5) is 34.1 Å². The molecule has 2 heterocycles. The lowest BCUT2D eigenvalue weighted by Crippen LogP contribution is -2.13. The number of fused-ring (bicyclic) bond motifs is 6. The van der Waals surface area contributed by atoms with Gasteiger partial charge in [-0.2, -0.15) is 0 Å². The minimum Gasteiger partial charge on any atom is -0.453 e. The SMILES string of the molecule is Cc1ccccc1N(c1ccc2ccc3c(N(c4ccccc4C)c4cccc5c4oc4c(-c6ccccc6C(C)C)cccc45)ccc4ccc1c2c43)c1cccc2c1oc1c(-c3ccccc3C(C)C)cccc12. The molecule has 4 heteroatoms. The molecule has 366 valence electrons. The highest BCUT2D eigenvalue weighted by molar-refractivity contribution is 6.29. The van der Waals surface area contributed by atoms with Crippen LogP contribution in [0.1, 0.15) is 61.8 Å². The van der Waals surface area contributed by atoms with Gasteiger partial charge in [-0.1, -0.05) is 210 Å². The number of furan rings is 2. The van der Waals surface area contributed by atoms with Crippen molar-refractivity contribution in [2.45, 2.75) is 53.4 Å². The summed E-state index contributed by atoms with van der Waals surface area (Å²) < 4.78 is 14.5. The highest BCUT2D eigenvalue weighted by atomic mass is 16.3. The molecule has 12 aromatic carbocycles. The van der Waals surface area contributed by atoms with Crippen molar-refractivity contribution in [3.8, 4) is 22.3 Å². The fraction of sp³-hybridized carbons (Fsp3) is 0.111. The number of hydrogen-bond acceptors (Lipinski definition) is 4. The molecular formula is C72H56N2O2. The standard InChI is InChI=1S/C72H56N2O2/c1-43(2)49-21-9-11-23-51(49)53-25-15-27-55-57-29-17-33-65(71(57)75-69(53)55)73(61-31-13-7-19-45(61)5)63-41-37-47-36-40-60-64(42-38-48-35-39-59(63)67(47)68(48)60)74(62-32-14-8-20-46(62)6)66-34-18-30-58-56-28-16-26-54(70(56)76-72(58)66)52-24-12-10-22-50(52)44(3)4/h7-44H,1-6H3. The van der Waals surface area contributed by atoms with Gasteiger partial charge in [-0.25, -0.2) is 0 Å². The summed E-state index contributed by atoms with van der Waals surface area (Å²) >= 11 is 0. The van der Waals surface area contributed by atoms with Gasteiger partial charge in [0.15, 0.2) is 11.2 Å². The normalized spacial score (nSPS) is 12.1. The Morgan fingerprint density at radius 2 is 0.618 bits per heavy atom. The zero-order chi connectivity index (χ0) is 51.3. The molecule has 0 atom stereocenters. The molecule has 0 saturated heterocycles. The Morgan fingerprint density at radius 3 is 1.04 bits per heavy atom. The van der Waals surface area contributed by atoms with Gasteiger partial charge in [0.05, 0.1) is 22.7 Å². The van der Waals surface area contributed by atoms with Gasteiger partial charge in [0, 0.05) is 54.8 Å². The highest BCUT2D eigenvalue weighted by Crippen LogP contribution is 2.52. The minimum absolute atomic E-state index is 0.358. The molecule has 0 unspecified atom stereocenters. The summed E-state index contributed by atoms with van der Waals surface area (Å²) in [7, 11) is 0. The predicted molar refractivity (Wildman–Crippen MR) is 323 cm³/mol. The summed E-state index contributed by atoms with van der Waals surface area (Å²) in [6.45, 7) is 13.5. The van der Waals surface area contributed by atoms with E-state index < -0.39 is 0 Å². The number of nitrogens with zero attached hydrogens (tertiary/aromatic N) is 2. The first-order chi connectivity index (χ1) is 37.2. The van der Waals surface area contributed by atoms with E-state index in [0.29, 0.717) is 11.8 Å². The van der Waals surface area contributed by atoms with Crippen LogP contribution in [0.3, 0.4) is 0 Å². The van der Waals surface area contributed by atoms with Crippen molar-refractivity contribution in [3.63, 3.8) is 0 Å². The molecule has 0 bridgehead atoms. The van der Waals surface area contributed by atoms with Gasteiger partial charge >= 0.3 is 0 Å². The third kappa shape index (κ3) is 6.97. The predicted octanol–water partition coefficient (Wildman–Crippen LogP) is 21.5. The van der Waals surface area contributed by atoms with E-state index in [1.165, 1.54) is 54.9 Å². The van der Waals surface area contributed by atoms with Crippen molar-refractivity contribution in [1.29, 1.82) is 0 Å². The maximum absolute atomic E-state index is 7.27. The molecule has 4 nitrogen and oxygen atoms in total. The van der Waals surface area contributed by atoms with Crippen molar-refractivity contribution >= 4 is 110 Å². The molecule has 0 fully saturated rings. The lowest BCUT2D eigenvalue weighted by molar-refractivity contribution is 0.669. The van der Waals surface area contributed by atoms with Crippen LogP contribution < -0.4 is 9.80 Å². The zero-order valence-electron chi connectivity index (χ0n) is 43.7. The van der Waals surface area contributed by atoms with Gasteiger partial charge in [0.2, 0.25) is 0 Å². The van der Waals surface area contributed by atoms with Crippen LogP contribution in [0.2, 0.25) is 0 Å². The van der Waals surface area contributed by atoms with E-state index in [2.05, 4.69) is 270 Å². The molecule has 0 N–H and O–H groups in total. The van der Waals surface area contributed by atoms with Gasteiger partial charge in [0.25, 0.3) is 0 Å². The molecule has 76 heavy (non-hydrogen) atoms. The quantitative estimate of drug-likeness (QED) is 0.128. The van der Waals surface area contributed by atoms with E-state index >= 15 is 0 Å². The van der Waals surface area contributed by atoms with E-state index in [-0.39, 0.29) is 0 Å². The summed E-state index contributed by atoms with van der Waals surface area (Å²) in [4.78, 5) is 4.87. The molecular weight excluding hydrogens is 925 g/mol. The molecule has 0 spiro atoms. The van der Waals surface area contributed by atoms with E-state index in [1.807, 2.05) is 0 Å². The molecule has 0 radical (unpaired) electrons. The molecule has 2 aromatic heterocycles. The second kappa shape index (κ2) is 17.8. The third-order valence-electron chi connectivity index (χ3n) is 16.0. The fourth-order valence-electron chi connectivity index (χ4n) is 12.4. The Bertz CT molecular complexity index is 4300. The Balaban J connectivity index is 1.00. The van der Waals surface area contributed by atoms with Crippen LogP contribution in [-0.4, -0.2) is 0 Å². The maximum Gasteiger partial charge on any atom is 0.159 e. The Labute approximate surface area is 443 Å². The summed E-state index contributed by atoms with van der Waals surface area (Å²) in [5.41, 5.74) is 19.4. The fourth-order valence-corrected chi connectivity index (χ4v) is 12.4. The van der Waals surface area contributed by atoms with Crippen LogP contribution in [0.25, 0.3) is 98.4 Å². The summed E-state index contributed by atoms with van der Waals surface area (Å²) in [6, 6.07) is 79.8. The van der Waals surface area contributed by atoms with Gasteiger partial charge in [0.1, 0.15) is 11.2 Å². The summed E-state index contributed by atoms with van der Waals surface area (Å²) in [5.74, 6) is 0.717. The molecule has 14 aromatic rings. The van der Waals surface area contributed by atoms with E-state index in [4.69, 9.17) is 8.83 Å². The van der Waals surface area contributed by atoms with E-state index in [1.54, 1.807) is 0 Å². The first-order valence-electron chi connectivity index (χ1n) is 26.7. The van der Waals surface area contributed by atoms with Crippen molar-refractivity contribution in [3.05, 3.63) is 241 Å². The lowest BCUT2D eigenvalue weighted by Gasteiger charge is -2.30. The smallest absolute Gasteiger partial charge is 0.159 e. The molecule has 14 rings (SSSR count). The topological polar surface area (TPSA) is 32.8 Å². The molecule has 0 aliphatic heterocycles. The molecule has 0 aliphatic rings. The second-order valence-corrected chi connectivity index (χ2v) is 21.2. The molecule has 0 amide bonds. The number of hydrogen-bond donors (Lipinski definition) is 0. The van der Waals surface area contributed by atoms with Crippen LogP contribution in [-0.2, 0) is 0 Å². The zero-order valence-corrected chi connectivity index (χ0v) is 43.7. The van der Waals surface area contributed by atoms with Gasteiger partial charge in [-0.15, -0.1) is 0 Å². The van der Waals surface area contributed by atoms with Crippen LogP contribution in [0.5, 0.6) is 0 Å². The van der Waals surface area contributed by atoms with Gasteiger partial charge in [-0.3, -0.25) is 0 Å².